The monoisotopic (exact) mass is 284 g/mol. The van der Waals surface area contributed by atoms with Crippen molar-refractivity contribution >= 4 is 11.8 Å². The molecule has 0 unspecified atom stereocenters. The van der Waals surface area contributed by atoms with Crippen LogP contribution < -0.4 is 10.1 Å². The number of hydrogen-bond acceptors (Lipinski definition) is 4. The van der Waals surface area contributed by atoms with Crippen LogP contribution in [0.1, 0.15) is 22.5 Å². The van der Waals surface area contributed by atoms with Crippen LogP contribution in [0.2, 0.25) is 0 Å². The molecule has 0 bridgehead atoms. The first-order valence-corrected chi connectivity index (χ1v) is 6.48. The van der Waals surface area contributed by atoms with Crippen LogP contribution in [0.3, 0.4) is 0 Å². The number of rotatable bonds is 4. The number of amides is 1. The van der Waals surface area contributed by atoms with Gasteiger partial charge in [-0.2, -0.15) is 5.26 Å². The third kappa shape index (κ3) is 3.23. The van der Waals surface area contributed by atoms with Gasteiger partial charge in [0.2, 0.25) is 11.8 Å². The summed E-state index contributed by atoms with van der Waals surface area (Å²) >= 11 is 0. The molecule has 1 N–H and O–H groups in total. The van der Waals surface area contributed by atoms with E-state index in [1.807, 2.05) is 18.2 Å². The lowest BCUT2D eigenvalue weighted by molar-refractivity contribution is -0.115. The molecule has 2 rings (SSSR count). The lowest BCUT2D eigenvalue weighted by Crippen LogP contribution is -2.14. The Labute approximate surface area is 123 Å². The van der Waals surface area contributed by atoms with Crippen molar-refractivity contribution in [1.82, 2.24) is 0 Å². The van der Waals surface area contributed by atoms with E-state index in [2.05, 4.69) is 5.32 Å². The molecule has 0 aliphatic carbocycles. The van der Waals surface area contributed by atoms with Crippen LogP contribution in [0, 0.1) is 25.2 Å². The minimum atomic E-state index is -0.231. The first kappa shape index (κ1) is 14.7. The Bertz CT molecular complexity index is 694. The quantitative estimate of drug-likeness (QED) is 0.936. The van der Waals surface area contributed by atoms with E-state index in [1.54, 1.807) is 33.1 Å². The fraction of sp³-hybridized carbons (Fsp3) is 0.250. The Morgan fingerprint density at radius 2 is 2.00 bits per heavy atom. The van der Waals surface area contributed by atoms with Gasteiger partial charge in [0, 0.05) is 5.56 Å². The van der Waals surface area contributed by atoms with Gasteiger partial charge in [0.15, 0.2) is 0 Å². The zero-order chi connectivity index (χ0) is 15.4. The summed E-state index contributed by atoms with van der Waals surface area (Å²) in [5.41, 5.74) is 1.97. The highest BCUT2D eigenvalue weighted by Gasteiger charge is 2.16. The van der Waals surface area contributed by atoms with Crippen LogP contribution in [-0.2, 0) is 11.2 Å². The molecule has 0 saturated carbocycles. The highest BCUT2D eigenvalue weighted by molar-refractivity contribution is 5.92. The second-order valence-corrected chi connectivity index (χ2v) is 4.67. The van der Waals surface area contributed by atoms with Gasteiger partial charge in [-0.25, -0.2) is 0 Å². The lowest BCUT2D eigenvalue weighted by atomic mass is 10.1. The second-order valence-electron chi connectivity index (χ2n) is 4.67. The van der Waals surface area contributed by atoms with E-state index >= 15 is 0 Å². The van der Waals surface area contributed by atoms with Crippen LogP contribution in [-0.4, -0.2) is 13.0 Å². The summed E-state index contributed by atoms with van der Waals surface area (Å²) in [6.45, 7) is 3.55. The fourth-order valence-electron chi connectivity index (χ4n) is 1.95. The van der Waals surface area contributed by atoms with Gasteiger partial charge in [-0.15, -0.1) is 0 Å². The molecule has 1 aromatic carbocycles. The number of carbonyl (C=O) groups excluding carboxylic acids is 1. The fourth-order valence-corrected chi connectivity index (χ4v) is 1.95. The van der Waals surface area contributed by atoms with Crippen molar-refractivity contribution in [3.05, 3.63) is 46.7 Å². The largest absolute Gasteiger partial charge is 0.497 e. The Morgan fingerprint density at radius 3 is 2.57 bits per heavy atom. The molecule has 0 saturated heterocycles. The number of furan rings is 1. The van der Waals surface area contributed by atoms with Crippen LogP contribution >= 0.6 is 0 Å². The van der Waals surface area contributed by atoms with E-state index in [0.717, 1.165) is 16.9 Å². The average molecular weight is 284 g/mol. The predicted molar refractivity (Wildman–Crippen MR) is 78.2 cm³/mol. The van der Waals surface area contributed by atoms with Crippen molar-refractivity contribution in [1.29, 1.82) is 5.26 Å². The molecule has 0 spiro atoms. The van der Waals surface area contributed by atoms with Crippen molar-refractivity contribution in [3.8, 4) is 11.8 Å². The normalized spacial score (nSPS) is 10.0. The summed E-state index contributed by atoms with van der Waals surface area (Å²) in [7, 11) is 1.59. The van der Waals surface area contributed by atoms with Gasteiger partial charge in [0.25, 0.3) is 0 Å². The van der Waals surface area contributed by atoms with Crippen molar-refractivity contribution in [2.75, 3.05) is 12.4 Å². The molecular weight excluding hydrogens is 268 g/mol. The van der Waals surface area contributed by atoms with Crippen molar-refractivity contribution in [3.63, 3.8) is 0 Å². The third-order valence-corrected chi connectivity index (χ3v) is 3.27. The number of anilines is 1. The third-order valence-electron chi connectivity index (χ3n) is 3.27. The Kier molecular flexibility index (Phi) is 4.29. The molecule has 1 aromatic heterocycles. The van der Waals surface area contributed by atoms with E-state index in [9.17, 15) is 4.79 Å². The van der Waals surface area contributed by atoms with E-state index in [4.69, 9.17) is 14.4 Å². The maximum Gasteiger partial charge on any atom is 0.231 e. The molecule has 0 radical (unpaired) electrons. The average Bonchev–Trinajstić information content (AvgIpc) is 2.73. The molecule has 1 heterocycles. The molecule has 5 nitrogen and oxygen atoms in total. The number of nitrogens with zero attached hydrogens (tertiary/aromatic N) is 1. The smallest absolute Gasteiger partial charge is 0.231 e. The minimum absolute atomic E-state index is 0.202. The topological polar surface area (TPSA) is 75.3 Å². The van der Waals surface area contributed by atoms with E-state index in [-0.39, 0.29) is 18.2 Å². The van der Waals surface area contributed by atoms with Crippen LogP contribution in [0.5, 0.6) is 5.75 Å². The summed E-state index contributed by atoms with van der Waals surface area (Å²) in [6, 6.07) is 9.28. The highest BCUT2D eigenvalue weighted by atomic mass is 16.5. The van der Waals surface area contributed by atoms with Gasteiger partial charge in [0.05, 0.1) is 13.5 Å². The van der Waals surface area contributed by atoms with Gasteiger partial charge in [-0.05, 0) is 31.5 Å². The molecule has 5 heteroatoms. The molecule has 0 aliphatic heterocycles. The van der Waals surface area contributed by atoms with Crippen LogP contribution in [0.4, 0.5) is 5.88 Å². The van der Waals surface area contributed by atoms with Crippen molar-refractivity contribution in [2.24, 2.45) is 0 Å². The molecule has 0 atom stereocenters. The van der Waals surface area contributed by atoms with E-state index < -0.39 is 0 Å². The standard InChI is InChI=1S/C16H16N2O3/c1-10-11(2)21-16(14(10)9-17)18-15(19)8-12-4-6-13(20-3)7-5-12/h4-7H,8H2,1-3H3,(H,18,19). The maximum atomic E-state index is 12.0. The van der Waals surface area contributed by atoms with E-state index in [0.29, 0.717) is 11.3 Å². The lowest BCUT2D eigenvalue weighted by Gasteiger charge is -2.04. The van der Waals surface area contributed by atoms with Crippen LogP contribution in [0.15, 0.2) is 28.7 Å². The number of carbonyl (C=O) groups is 1. The number of aryl methyl sites for hydroxylation is 1. The molecule has 21 heavy (non-hydrogen) atoms. The zero-order valence-corrected chi connectivity index (χ0v) is 12.2. The second kappa shape index (κ2) is 6.14. The predicted octanol–water partition coefficient (Wildman–Crippen LogP) is 2.96. The molecule has 2 aromatic rings. The molecule has 0 aliphatic rings. The van der Waals surface area contributed by atoms with Crippen molar-refractivity contribution < 1.29 is 13.9 Å². The molecule has 1 amide bonds. The summed E-state index contributed by atoms with van der Waals surface area (Å²) in [6.07, 6.45) is 0.202. The number of ether oxygens (including phenoxy) is 1. The number of nitrogens with one attached hydrogen (secondary N) is 1. The Balaban J connectivity index is 2.08. The molecule has 108 valence electrons. The number of methoxy groups -OCH3 is 1. The SMILES string of the molecule is COc1ccc(CC(=O)Nc2oc(C)c(C)c2C#N)cc1. The Morgan fingerprint density at radius 1 is 1.33 bits per heavy atom. The first-order chi connectivity index (χ1) is 10.0. The molecular formula is C16H16N2O3. The van der Waals surface area contributed by atoms with Gasteiger partial charge >= 0.3 is 0 Å². The van der Waals surface area contributed by atoms with Gasteiger partial charge in [-0.3, -0.25) is 10.1 Å². The maximum absolute atomic E-state index is 12.0. The zero-order valence-electron chi connectivity index (χ0n) is 12.2. The van der Waals surface area contributed by atoms with E-state index in [1.165, 1.54) is 0 Å². The first-order valence-electron chi connectivity index (χ1n) is 6.48. The number of hydrogen-bond donors (Lipinski definition) is 1. The van der Waals surface area contributed by atoms with Gasteiger partial charge < -0.3 is 9.15 Å². The molecule has 0 fully saturated rings. The summed E-state index contributed by atoms with van der Waals surface area (Å²) < 4.78 is 10.5. The van der Waals surface area contributed by atoms with Crippen LogP contribution in [0.25, 0.3) is 0 Å². The summed E-state index contributed by atoms with van der Waals surface area (Å²) in [5, 5.41) is 11.7. The number of benzene rings is 1. The van der Waals surface area contributed by atoms with Crippen molar-refractivity contribution in [2.45, 2.75) is 20.3 Å². The van der Waals surface area contributed by atoms with Gasteiger partial charge in [-0.1, -0.05) is 12.1 Å². The minimum Gasteiger partial charge on any atom is -0.497 e. The Hall–Kier alpha value is -2.74. The summed E-state index contributed by atoms with van der Waals surface area (Å²) in [4.78, 5) is 12.0. The highest BCUT2D eigenvalue weighted by Crippen LogP contribution is 2.25. The summed E-state index contributed by atoms with van der Waals surface area (Å²) in [5.74, 6) is 1.35. The van der Waals surface area contributed by atoms with Gasteiger partial charge in [0.1, 0.15) is 23.1 Å². The number of nitriles is 1.